The third-order valence-electron chi connectivity index (χ3n) is 3.03. The molecule has 25 heavy (non-hydrogen) atoms. The zero-order valence-corrected chi connectivity index (χ0v) is 13.2. The zero-order chi connectivity index (χ0) is 19.0. The Morgan fingerprint density at radius 2 is 1.64 bits per heavy atom. The van der Waals surface area contributed by atoms with Crippen LogP contribution in [0.3, 0.4) is 0 Å². The molecule has 0 spiro atoms. The summed E-state index contributed by atoms with van der Waals surface area (Å²) in [5, 5.41) is 0. The van der Waals surface area contributed by atoms with Crippen LogP contribution in [-0.2, 0) is 16.2 Å². The first-order valence-electron chi connectivity index (χ1n) is 6.55. The molecule has 0 aliphatic carbocycles. The summed E-state index contributed by atoms with van der Waals surface area (Å²) in [6.07, 6.45) is -3.49. The van der Waals surface area contributed by atoms with Crippen molar-refractivity contribution in [1.29, 1.82) is 0 Å². The SMILES string of the molecule is Cc1ccc(=NS(=O)(=O)C(F)(F)F)n(-c2cccc(C(F)(F)F)c2)c1. The van der Waals surface area contributed by atoms with Crippen LogP contribution in [0, 0.1) is 6.92 Å². The molecule has 11 heteroatoms. The van der Waals surface area contributed by atoms with Crippen LogP contribution < -0.4 is 5.49 Å². The molecule has 0 aliphatic heterocycles. The van der Waals surface area contributed by atoms with E-state index >= 15 is 0 Å². The van der Waals surface area contributed by atoms with Gasteiger partial charge in [0.1, 0.15) is 0 Å². The van der Waals surface area contributed by atoms with E-state index in [4.69, 9.17) is 0 Å². The van der Waals surface area contributed by atoms with Gasteiger partial charge in [0.15, 0.2) is 5.49 Å². The molecule has 0 saturated carbocycles. The average Bonchev–Trinajstić information content (AvgIpc) is 2.47. The van der Waals surface area contributed by atoms with Crippen molar-refractivity contribution in [2.24, 2.45) is 4.40 Å². The lowest BCUT2D eigenvalue weighted by molar-refractivity contribution is -0.137. The molecule has 1 aromatic heterocycles. The second-order valence-corrected chi connectivity index (χ2v) is 6.59. The summed E-state index contributed by atoms with van der Waals surface area (Å²) in [7, 11) is -5.85. The maximum atomic E-state index is 12.8. The first kappa shape index (κ1) is 19.0. The van der Waals surface area contributed by atoms with Crippen LogP contribution in [0.5, 0.6) is 0 Å². The van der Waals surface area contributed by atoms with Crippen molar-refractivity contribution in [3.63, 3.8) is 0 Å². The van der Waals surface area contributed by atoms with Gasteiger partial charge in [-0.25, -0.2) is 0 Å². The van der Waals surface area contributed by atoms with Gasteiger partial charge in [-0.05, 0) is 36.8 Å². The third kappa shape index (κ3) is 4.21. The molecular weight excluding hydrogens is 374 g/mol. The fourth-order valence-corrected chi connectivity index (χ4v) is 2.39. The summed E-state index contributed by atoms with van der Waals surface area (Å²) in [6.45, 7) is 1.53. The first-order valence-corrected chi connectivity index (χ1v) is 7.99. The van der Waals surface area contributed by atoms with Crippen molar-refractivity contribution in [2.75, 3.05) is 0 Å². The Balaban J connectivity index is 2.75. The predicted molar refractivity (Wildman–Crippen MR) is 76.0 cm³/mol. The number of pyridine rings is 1. The summed E-state index contributed by atoms with van der Waals surface area (Å²) in [5.74, 6) is 0. The van der Waals surface area contributed by atoms with E-state index in [-0.39, 0.29) is 5.69 Å². The number of halogens is 6. The number of sulfonamides is 1. The van der Waals surface area contributed by atoms with Gasteiger partial charge in [-0.3, -0.25) is 0 Å². The van der Waals surface area contributed by atoms with Gasteiger partial charge in [-0.15, -0.1) is 4.40 Å². The second-order valence-electron chi connectivity index (χ2n) is 4.99. The fourth-order valence-electron chi connectivity index (χ4n) is 1.89. The number of nitrogens with zero attached hydrogens (tertiary/aromatic N) is 2. The van der Waals surface area contributed by atoms with E-state index in [1.165, 1.54) is 25.3 Å². The van der Waals surface area contributed by atoms with Gasteiger partial charge in [-0.2, -0.15) is 34.8 Å². The lowest BCUT2D eigenvalue weighted by Crippen LogP contribution is -2.27. The van der Waals surface area contributed by atoms with Gasteiger partial charge in [0.05, 0.1) is 5.56 Å². The largest absolute Gasteiger partial charge is 0.518 e. The minimum absolute atomic E-state index is 0.186. The Kier molecular flexibility index (Phi) is 4.73. The van der Waals surface area contributed by atoms with Crippen molar-refractivity contribution >= 4 is 10.0 Å². The monoisotopic (exact) mass is 384 g/mol. The highest BCUT2D eigenvalue weighted by atomic mass is 32.2. The van der Waals surface area contributed by atoms with Gasteiger partial charge in [0, 0.05) is 11.9 Å². The van der Waals surface area contributed by atoms with E-state index < -0.39 is 32.8 Å². The van der Waals surface area contributed by atoms with Crippen molar-refractivity contribution in [2.45, 2.75) is 18.6 Å². The number of rotatable bonds is 2. The van der Waals surface area contributed by atoms with Crippen LogP contribution in [0.25, 0.3) is 5.69 Å². The van der Waals surface area contributed by atoms with Gasteiger partial charge < -0.3 is 4.57 Å². The molecule has 2 rings (SSSR count). The highest BCUT2D eigenvalue weighted by molar-refractivity contribution is 7.90. The minimum Gasteiger partial charge on any atom is -0.301 e. The van der Waals surface area contributed by atoms with E-state index in [2.05, 4.69) is 4.40 Å². The molecule has 0 amide bonds. The number of hydrogen-bond acceptors (Lipinski definition) is 2. The highest BCUT2D eigenvalue weighted by Crippen LogP contribution is 2.30. The van der Waals surface area contributed by atoms with E-state index in [0.717, 1.165) is 22.8 Å². The molecular formula is C14H10F6N2O2S. The van der Waals surface area contributed by atoms with Crippen LogP contribution in [0.4, 0.5) is 26.3 Å². The molecule has 0 radical (unpaired) electrons. The van der Waals surface area contributed by atoms with Crippen LogP contribution in [0.2, 0.25) is 0 Å². The van der Waals surface area contributed by atoms with Crippen LogP contribution in [0.15, 0.2) is 47.0 Å². The molecule has 1 aromatic carbocycles. The van der Waals surface area contributed by atoms with E-state index in [1.54, 1.807) is 0 Å². The second kappa shape index (κ2) is 6.21. The van der Waals surface area contributed by atoms with E-state index in [9.17, 15) is 34.8 Å². The molecule has 0 bridgehead atoms. The maximum absolute atomic E-state index is 12.8. The number of hydrogen-bond donors (Lipinski definition) is 0. The number of aryl methyl sites for hydroxylation is 1. The van der Waals surface area contributed by atoms with Gasteiger partial charge >= 0.3 is 21.7 Å². The third-order valence-corrected chi connectivity index (χ3v) is 4.05. The molecule has 0 N–H and O–H groups in total. The van der Waals surface area contributed by atoms with Crippen LogP contribution >= 0.6 is 0 Å². The predicted octanol–water partition coefficient (Wildman–Crippen LogP) is 3.55. The molecule has 0 atom stereocenters. The Hall–Kier alpha value is -2.30. The molecule has 2 aromatic rings. The summed E-state index contributed by atoms with van der Waals surface area (Å²) in [6, 6.07) is 5.96. The Morgan fingerprint density at radius 1 is 1.00 bits per heavy atom. The molecule has 136 valence electrons. The van der Waals surface area contributed by atoms with Gasteiger partial charge in [-0.1, -0.05) is 12.1 Å². The molecule has 0 aliphatic rings. The molecule has 0 unspecified atom stereocenters. The number of benzene rings is 1. The summed E-state index contributed by atoms with van der Waals surface area (Å²) >= 11 is 0. The zero-order valence-electron chi connectivity index (χ0n) is 12.4. The summed E-state index contributed by atoms with van der Waals surface area (Å²) < 4.78 is 102. The lowest BCUT2D eigenvalue weighted by Gasteiger charge is -2.12. The average molecular weight is 384 g/mol. The highest BCUT2D eigenvalue weighted by Gasteiger charge is 2.46. The molecule has 1 heterocycles. The van der Waals surface area contributed by atoms with Gasteiger partial charge in [0.25, 0.3) is 0 Å². The normalized spacial score (nSPS) is 14.0. The smallest absolute Gasteiger partial charge is 0.301 e. The molecule has 4 nitrogen and oxygen atoms in total. The van der Waals surface area contributed by atoms with Crippen molar-refractivity contribution in [1.82, 2.24) is 4.57 Å². The standard InChI is InChI=1S/C14H10F6N2O2S/c1-9-5-6-12(21-25(23,24)14(18,19)20)22(8-9)11-4-2-3-10(7-11)13(15,16)17/h2-8H,1H3. The van der Waals surface area contributed by atoms with Gasteiger partial charge in [0.2, 0.25) is 0 Å². The molecule has 0 saturated heterocycles. The quantitative estimate of drug-likeness (QED) is 0.744. The Morgan fingerprint density at radius 3 is 2.20 bits per heavy atom. The Labute approximate surface area is 138 Å². The van der Waals surface area contributed by atoms with Crippen LogP contribution in [0.1, 0.15) is 11.1 Å². The number of alkyl halides is 6. The molecule has 0 fully saturated rings. The lowest BCUT2D eigenvalue weighted by atomic mass is 10.2. The van der Waals surface area contributed by atoms with Crippen molar-refractivity contribution < 1.29 is 34.8 Å². The van der Waals surface area contributed by atoms with E-state index in [1.807, 2.05) is 0 Å². The Bertz CT molecular complexity index is 958. The maximum Gasteiger partial charge on any atom is 0.518 e. The van der Waals surface area contributed by atoms with Crippen LogP contribution in [-0.4, -0.2) is 18.5 Å². The summed E-state index contributed by atoms with van der Waals surface area (Å²) in [4.78, 5) is 0. The fraction of sp³-hybridized carbons (Fsp3) is 0.214. The first-order chi connectivity index (χ1) is 11.3. The minimum atomic E-state index is -5.85. The number of aromatic nitrogens is 1. The summed E-state index contributed by atoms with van der Waals surface area (Å²) in [5.41, 5.74) is -7.05. The topological polar surface area (TPSA) is 51.4 Å². The van der Waals surface area contributed by atoms with Crippen molar-refractivity contribution in [3.8, 4) is 5.69 Å². The van der Waals surface area contributed by atoms with Crippen molar-refractivity contribution in [3.05, 3.63) is 59.2 Å². The van der Waals surface area contributed by atoms with E-state index in [0.29, 0.717) is 11.6 Å².